The fourth-order valence-corrected chi connectivity index (χ4v) is 3.83. The maximum atomic E-state index is 12.4. The summed E-state index contributed by atoms with van der Waals surface area (Å²) in [5, 5.41) is 0. The van der Waals surface area contributed by atoms with E-state index in [9.17, 15) is 4.79 Å². The van der Waals surface area contributed by atoms with E-state index in [0.717, 1.165) is 18.4 Å². The average Bonchev–Trinajstić information content (AvgIpc) is 2.72. The fraction of sp³-hybridized carbons (Fsp3) is 0.731. The number of carbonyl (C=O) groups excluding carboxylic acids is 1. The molecule has 1 rings (SSSR count). The lowest BCUT2D eigenvalue weighted by Crippen LogP contribution is -2.11. The summed E-state index contributed by atoms with van der Waals surface area (Å²) < 4.78 is 10.9. The normalized spacial score (nSPS) is 10.9. The number of ether oxygens (including phenoxy) is 2. The van der Waals surface area contributed by atoms with Gasteiger partial charge in [0.05, 0.1) is 13.2 Å². The summed E-state index contributed by atoms with van der Waals surface area (Å²) in [6.45, 7) is 6.99. The van der Waals surface area contributed by atoms with E-state index in [1.165, 1.54) is 77.0 Å². The highest BCUT2D eigenvalue weighted by atomic mass is 16.5. The molecule has 0 amide bonds. The molecule has 0 heterocycles. The van der Waals surface area contributed by atoms with E-state index in [2.05, 4.69) is 6.92 Å². The van der Waals surface area contributed by atoms with Crippen LogP contribution in [-0.4, -0.2) is 19.2 Å². The van der Waals surface area contributed by atoms with Gasteiger partial charge in [-0.3, -0.25) is 0 Å². The zero-order valence-electron chi connectivity index (χ0n) is 19.3. The largest absolute Gasteiger partial charge is 0.493 e. The van der Waals surface area contributed by atoms with Gasteiger partial charge in [0.2, 0.25) is 0 Å². The summed E-state index contributed by atoms with van der Waals surface area (Å²) in [7, 11) is 0. The number of carbonyl (C=O) groups is 1. The highest BCUT2D eigenvalue weighted by Crippen LogP contribution is 2.25. The Morgan fingerprint density at radius 1 is 0.724 bits per heavy atom. The molecule has 0 saturated heterocycles. The molecule has 3 heteroatoms. The van der Waals surface area contributed by atoms with Gasteiger partial charge >= 0.3 is 5.97 Å². The third kappa shape index (κ3) is 11.3. The Kier molecular flexibility index (Phi) is 15.3. The van der Waals surface area contributed by atoms with E-state index < -0.39 is 0 Å². The van der Waals surface area contributed by atoms with Crippen LogP contribution < -0.4 is 4.74 Å². The fourth-order valence-electron chi connectivity index (χ4n) is 3.83. The molecule has 0 aliphatic rings. The molecule has 0 unspecified atom stereocenters. The standard InChI is InChI=1S/C26H44O3/c1-4-7-8-9-10-11-12-13-14-15-16-17-18-20-23-21-19-22-24(28-5-2)25(23)26(27)29-6-3/h19,21-22H,4-18,20H2,1-3H3. The molecule has 3 nitrogen and oxygen atoms in total. The Hall–Kier alpha value is -1.51. The summed E-state index contributed by atoms with van der Waals surface area (Å²) in [4.78, 5) is 12.4. The first kappa shape index (κ1) is 25.5. The zero-order valence-corrected chi connectivity index (χ0v) is 19.3. The maximum Gasteiger partial charge on any atom is 0.342 e. The summed E-state index contributed by atoms with van der Waals surface area (Å²) in [6.07, 6.45) is 18.4. The third-order valence-corrected chi connectivity index (χ3v) is 5.44. The molecule has 0 atom stereocenters. The topological polar surface area (TPSA) is 35.5 Å². The van der Waals surface area contributed by atoms with Crippen LogP contribution in [0.4, 0.5) is 0 Å². The van der Waals surface area contributed by atoms with Gasteiger partial charge in [-0.2, -0.15) is 0 Å². The lowest BCUT2D eigenvalue weighted by atomic mass is 9.99. The number of aryl methyl sites for hydroxylation is 1. The van der Waals surface area contributed by atoms with Gasteiger partial charge in [-0.25, -0.2) is 4.79 Å². The quantitative estimate of drug-likeness (QED) is 0.184. The van der Waals surface area contributed by atoms with Gasteiger partial charge in [0.1, 0.15) is 11.3 Å². The monoisotopic (exact) mass is 404 g/mol. The molecule has 0 aromatic heterocycles. The van der Waals surface area contributed by atoms with Crippen molar-refractivity contribution in [3.05, 3.63) is 29.3 Å². The van der Waals surface area contributed by atoms with Gasteiger partial charge in [-0.15, -0.1) is 0 Å². The molecule has 0 radical (unpaired) electrons. The molecule has 1 aromatic carbocycles. The van der Waals surface area contributed by atoms with E-state index in [-0.39, 0.29) is 5.97 Å². The Balaban J connectivity index is 2.22. The molecule has 0 spiro atoms. The SMILES string of the molecule is CCCCCCCCCCCCCCCc1cccc(OCC)c1C(=O)OCC. The number of unbranched alkanes of at least 4 members (excludes halogenated alkanes) is 12. The minimum atomic E-state index is -0.263. The number of rotatable bonds is 18. The Bertz CT molecular complexity index is 539. The van der Waals surface area contributed by atoms with Crippen LogP contribution in [-0.2, 0) is 11.2 Å². The number of hydrogen-bond donors (Lipinski definition) is 0. The molecular formula is C26H44O3. The van der Waals surface area contributed by atoms with Crippen LogP contribution in [0, 0.1) is 0 Å². The summed E-state index contributed by atoms with van der Waals surface area (Å²) in [5.74, 6) is 0.388. The van der Waals surface area contributed by atoms with E-state index in [4.69, 9.17) is 9.47 Å². The molecule has 0 fully saturated rings. The molecule has 0 saturated carbocycles. The number of hydrogen-bond acceptors (Lipinski definition) is 3. The predicted molar refractivity (Wildman–Crippen MR) is 123 cm³/mol. The molecule has 0 aliphatic carbocycles. The van der Waals surface area contributed by atoms with Crippen molar-refractivity contribution in [3.8, 4) is 5.75 Å². The second-order valence-electron chi connectivity index (χ2n) is 7.94. The van der Waals surface area contributed by atoms with E-state index in [1.54, 1.807) is 0 Å². The van der Waals surface area contributed by atoms with Gasteiger partial charge in [0.15, 0.2) is 0 Å². The lowest BCUT2D eigenvalue weighted by Gasteiger charge is -2.14. The van der Waals surface area contributed by atoms with Crippen LogP contribution in [0.3, 0.4) is 0 Å². The van der Waals surface area contributed by atoms with Crippen molar-refractivity contribution < 1.29 is 14.3 Å². The highest BCUT2D eigenvalue weighted by molar-refractivity contribution is 5.94. The Labute approximate surface area is 179 Å². The molecule has 0 N–H and O–H groups in total. The van der Waals surface area contributed by atoms with Crippen LogP contribution in [0.5, 0.6) is 5.75 Å². The van der Waals surface area contributed by atoms with Crippen LogP contribution >= 0.6 is 0 Å². The van der Waals surface area contributed by atoms with E-state index >= 15 is 0 Å². The van der Waals surface area contributed by atoms with Crippen molar-refractivity contribution in [3.63, 3.8) is 0 Å². The molecule has 0 bridgehead atoms. The van der Waals surface area contributed by atoms with Gasteiger partial charge in [-0.05, 0) is 38.3 Å². The minimum absolute atomic E-state index is 0.263. The first-order chi connectivity index (χ1) is 14.2. The second kappa shape index (κ2) is 17.4. The predicted octanol–water partition coefficient (Wildman–Crippen LogP) is 7.90. The maximum absolute atomic E-state index is 12.4. The lowest BCUT2D eigenvalue weighted by molar-refractivity contribution is 0.0520. The molecule has 166 valence electrons. The smallest absolute Gasteiger partial charge is 0.342 e. The van der Waals surface area contributed by atoms with Crippen molar-refractivity contribution in [2.45, 2.75) is 111 Å². The van der Waals surface area contributed by atoms with Crippen LogP contribution in [0.1, 0.15) is 120 Å². The summed E-state index contributed by atoms with van der Waals surface area (Å²) >= 11 is 0. The van der Waals surface area contributed by atoms with Gasteiger partial charge in [0, 0.05) is 0 Å². The minimum Gasteiger partial charge on any atom is -0.493 e. The summed E-state index contributed by atoms with van der Waals surface area (Å²) in [5.41, 5.74) is 1.67. The van der Waals surface area contributed by atoms with E-state index in [0.29, 0.717) is 24.5 Å². The van der Waals surface area contributed by atoms with Gasteiger partial charge in [0.25, 0.3) is 0 Å². The first-order valence-corrected chi connectivity index (χ1v) is 12.2. The second-order valence-corrected chi connectivity index (χ2v) is 7.94. The Morgan fingerprint density at radius 2 is 1.28 bits per heavy atom. The van der Waals surface area contributed by atoms with Gasteiger partial charge in [-0.1, -0.05) is 96.1 Å². The molecule has 1 aromatic rings. The van der Waals surface area contributed by atoms with Crippen LogP contribution in [0.15, 0.2) is 18.2 Å². The zero-order chi connectivity index (χ0) is 21.2. The van der Waals surface area contributed by atoms with Crippen molar-refractivity contribution in [2.75, 3.05) is 13.2 Å². The van der Waals surface area contributed by atoms with Crippen LogP contribution in [0.25, 0.3) is 0 Å². The van der Waals surface area contributed by atoms with Crippen LogP contribution in [0.2, 0.25) is 0 Å². The highest BCUT2D eigenvalue weighted by Gasteiger charge is 2.18. The number of esters is 1. The molecule has 29 heavy (non-hydrogen) atoms. The van der Waals surface area contributed by atoms with Crippen molar-refractivity contribution in [1.29, 1.82) is 0 Å². The Morgan fingerprint density at radius 3 is 1.79 bits per heavy atom. The van der Waals surface area contributed by atoms with E-state index in [1.807, 2.05) is 32.0 Å². The van der Waals surface area contributed by atoms with Crippen molar-refractivity contribution in [2.24, 2.45) is 0 Å². The average molecular weight is 405 g/mol. The van der Waals surface area contributed by atoms with Crippen molar-refractivity contribution >= 4 is 5.97 Å². The van der Waals surface area contributed by atoms with Crippen molar-refractivity contribution in [1.82, 2.24) is 0 Å². The number of benzene rings is 1. The summed E-state index contributed by atoms with van der Waals surface area (Å²) in [6, 6.07) is 5.88. The first-order valence-electron chi connectivity index (χ1n) is 12.2. The van der Waals surface area contributed by atoms with Gasteiger partial charge < -0.3 is 9.47 Å². The third-order valence-electron chi connectivity index (χ3n) is 5.44. The molecule has 0 aliphatic heterocycles. The molecular weight excluding hydrogens is 360 g/mol.